The van der Waals surface area contributed by atoms with Crippen LogP contribution in [0.2, 0.25) is 0 Å². The van der Waals surface area contributed by atoms with E-state index >= 15 is 0 Å². The molecule has 0 aromatic heterocycles. The van der Waals surface area contributed by atoms with Crippen LogP contribution in [0.4, 0.5) is 0 Å². The van der Waals surface area contributed by atoms with Crippen molar-refractivity contribution in [3.8, 4) is 11.5 Å². The van der Waals surface area contributed by atoms with Gasteiger partial charge in [0.1, 0.15) is 11.5 Å². The minimum Gasteiger partial charge on any atom is -0.497 e. The summed E-state index contributed by atoms with van der Waals surface area (Å²) in [7, 11) is 3.36. The van der Waals surface area contributed by atoms with Crippen LogP contribution in [0, 0.1) is 11.3 Å². The summed E-state index contributed by atoms with van der Waals surface area (Å²) in [6, 6.07) is 6.24. The van der Waals surface area contributed by atoms with Gasteiger partial charge in [-0.05, 0) is 38.5 Å². The van der Waals surface area contributed by atoms with E-state index in [1.807, 2.05) is 25.1 Å². The predicted molar refractivity (Wildman–Crippen MR) is 108 cm³/mol. The van der Waals surface area contributed by atoms with E-state index in [0.717, 1.165) is 42.6 Å². The van der Waals surface area contributed by atoms with Gasteiger partial charge in [-0.3, -0.25) is 4.99 Å². The van der Waals surface area contributed by atoms with E-state index < -0.39 is 0 Å². The topological polar surface area (TPSA) is 64.1 Å². The third kappa shape index (κ3) is 3.72. The van der Waals surface area contributed by atoms with Crippen LogP contribution in [0.3, 0.4) is 0 Å². The highest BCUT2D eigenvalue weighted by Gasteiger charge is 2.59. The number of nitrogens with zero attached hydrogens (tertiary/aromatic N) is 1. The molecule has 150 valence electrons. The molecule has 0 amide bonds. The van der Waals surface area contributed by atoms with E-state index in [-0.39, 0.29) is 11.5 Å². The normalized spacial score (nSPS) is 27.3. The highest BCUT2D eigenvalue weighted by Crippen LogP contribution is 2.52. The predicted octanol–water partition coefficient (Wildman–Crippen LogP) is 3.13. The number of rotatable bonds is 6. The second-order valence-corrected chi connectivity index (χ2v) is 7.98. The zero-order valence-electron chi connectivity index (χ0n) is 17.3. The Morgan fingerprint density at radius 1 is 1.33 bits per heavy atom. The first-order chi connectivity index (χ1) is 12.9. The summed E-state index contributed by atoms with van der Waals surface area (Å²) in [6.45, 7) is 10.3. The molecule has 6 heteroatoms. The van der Waals surface area contributed by atoms with Gasteiger partial charge in [-0.15, -0.1) is 0 Å². The number of methoxy groups -OCH3 is 2. The molecule has 27 heavy (non-hydrogen) atoms. The van der Waals surface area contributed by atoms with E-state index in [2.05, 4.69) is 36.4 Å². The van der Waals surface area contributed by atoms with Crippen molar-refractivity contribution in [1.29, 1.82) is 0 Å². The summed E-state index contributed by atoms with van der Waals surface area (Å²) >= 11 is 0. The highest BCUT2D eigenvalue weighted by molar-refractivity contribution is 5.81. The van der Waals surface area contributed by atoms with Gasteiger partial charge >= 0.3 is 0 Å². The SMILES string of the molecule is CCN=C(NC(C)c1cc(OC)ccc1OC)NC1C2CCOC2C1(C)C. The zero-order chi connectivity index (χ0) is 19.6. The van der Waals surface area contributed by atoms with E-state index in [9.17, 15) is 0 Å². The number of guanidine groups is 1. The van der Waals surface area contributed by atoms with Crippen LogP contribution in [0.25, 0.3) is 0 Å². The second-order valence-electron chi connectivity index (χ2n) is 7.98. The molecule has 1 aliphatic heterocycles. The number of fused-ring (bicyclic) bond motifs is 1. The van der Waals surface area contributed by atoms with Crippen LogP contribution in [-0.4, -0.2) is 45.5 Å². The number of hydrogen-bond acceptors (Lipinski definition) is 4. The molecule has 6 nitrogen and oxygen atoms in total. The highest BCUT2D eigenvalue weighted by atomic mass is 16.5. The number of aliphatic imine (C=N–C) groups is 1. The molecule has 2 aliphatic rings. The smallest absolute Gasteiger partial charge is 0.191 e. The Kier molecular flexibility index (Phi) is 5.84. The third-order valence-corrected chi connectivity index (χ3v) is 5.97. The molecule has 1 heterocycles. The molecule has 1 aliphatic carbocycles. The molecular formula is C21H33N3O3. The van der Waals surface area contributed by atoms with Crippen molar-refractivity contribution in [3.63, 3.8) is 0 Å². The molecule has 1 saturated heterocycles. The quantitative estimate of drug-likeness (QED) is 0.591. The van der Waals surface area contributed by atoms with Gasteiger partial charge in [0.15, 0.2) is 5.96 Å². The van der Waals surface area contributed by atoms with Crippen LogP contribution in [0.5, 0.6) is 11.5 Å². The molecule has 4 unspecified atom stereocenters. The van der Waals surface area contributed by atoms with Crippen LogP contribution < -0.4 is 20.1 Å². The fraction of sp³-hybridized carbons (Fsp3) is 0.667. The fourth-order valence-electron chi connectivity index (χ4n) is 4.52. The molecule has 1 aromatic rings. The molecular weight excluding hydrogens is 342 g/mol. The third-order valence-electron chi connectivity index (χ3n) is 5.97. The molecule has 0 bridgehead atoms. The van der Waals surface area contributed by atoms with E-state index in [1.165, 1.54) is 0 Å². The van der Waals surface area contributed by atoms with Crippen LogP contribution in [-0.2, 0) is 4.74 Å². The lowest BCUT2D eigenvalue weighted by atomic mass is 9.57. The van der Waals surface area contributed by atoms with E-state index in [1.54, 1.807) is 14.2 Å². The lowest BCUT2D eigenvalue weighted by molar-refractivity contribution is -0.106. The zero-order valence-corrected chi connectivity index (χ0v) is 17.3. The molecule has 0 radical (unpaired) electrons. The van der Waals surface area contributed by atoms with E-state index in [4.69, 9.17) is 14.2 Å². The van der Waals surface area contributed by atoms with Crippen LogP contribution in [0.15, 0.2) is 23.2 Å². The molecule has 4 atom stereocenters. The number of benzene rings is 1. The molecule has 1 saturated carbocycles. The van der Waals surface area contributed by atoms with Crippen molar-refractivity contribution in [2.45, 2.75) is 52.3 Å². The lowest BCUT2D eigenvalue weighted by Gasteiger charge is -2.55. The van der Waals surface area contributed by atoms with Gasteiger partial charge in [-0.1, -0.05) is 13.8 Å². The van der Waals surface area contributed by atoms with Gasteiger partial charge in [0.25, 0.3) is 0 Å². The molecule has 1 aromatic carbocycles. The minimum absolute atomic E-state index is 0.0201. The van der Waals surface area contributed by atoms with Crippen molar-refractivity contribution >= 4 is 5.96 Å². The van der Waals surface area contributed by atoms with Gasteiger partial charge < -0.3 is 24.8 Å². The van der Waals surface area contributed by atoms with Crippen molar-refractivity contribution in [1.82, 2.24) is 10.6 Å². The number of ether oxygens (including phenoxy) is 3. The van der Waals surface area contributed by atoms with Crippen LogP contribution >= 0.6 is 0 Å². The Labute approximate surface area is 162 Å². The summed E-state index contributed by atoms with van der Waals surface area (Å²) in [4.78, 5) is 4.67. The number of hydrogen-bond donors (Lipinski definition) is 2. The van der Waals surface area contributed by atoms with Gasteiger partial charge in [0.2, 0.25) is 0 Å². The van der Waals surface area contributed by atoms with Gasteiger partial charge in [-0.2, -0.15) is 0 Å². The van der Waals surface area contributed by atoms with Crippen LogP contribution in [0.1, 0.15) is 45.7 Å². The van der Waals surface area contributed by atoms with Crippen molar-refractivity contribution in [2.75, 3.05) is 27.4 Å². The minimum atomic E-state index is 0.0201. The van der Waals surface area contributed by atoms with Crippen molar-refractivity contribution in [3.05, 3.63) is 23.8 Å². The average Bonchev–Trinajstić information content (AvgIpc) is 3.12. The Balaban J connectivity index is 1.74. The molecule has 3 rings (SSSR count). The second kappa shape index (κ2) is 7.97. The Morgan fingerprint density at radius 3 is 2.78 bits per heavy atom. The summed E-state index contributed by atoms with van der Waals surface area (Å²) in [5.41, 5.74) is 1.14. The summed E-state index contributed by atoms with van der Waals surface area (Å²) < 4.78 is 16.8. The fourth-order valence-corrected chi connectivity index (χ4v) is 4.52. The molecule has 2 fully saturated rings. The maximum atomic E-state index is 5.91. The van der Waals surface area contributed by atoms with Crippen molar-refractivity contribution in [2.24, 2.45) is 16.3 Å². The average molecular weight is 376 g/mol. The summed E-state index contributed by atoms with van der Waals surface area (Å²) in [6.07, 6.45) is 1.47. The lowest BCUT2D eigenvalue weighted by Crippen LogP contribution is -2.68. The van der Waals surface area contributed by atoms with Gasteiger partial charge in [0, 0.05) is 36.1 Å². The maximum absolute atomic E-state index is 5.91. The number of nitrogens with one attached hydrogen (secondary N) is 2. The summed E-state index contributed by atoms with van der Waals surface area (Å²) in [5.74, 6) is 3.04. The maximum Gasteiger partial charge on any atom is 0.191 e. The van der Waals surface area contributed by atoms with Gasteiger partial charge in [0.05, 0.1) is 26.4 Å². The monoisotopic (exact) mass is 375 g/mol. The van der Waals surface area contributed by atoms with E-state index in [0.29, 0.717) is 18.1 Å². The molecule has 2 N–H and O–H groups in total. The Morgan fingerprint density at radius 2 is 2.11 bits per heavy atom. The molecule has 0 spiro atoms. The first-order valence-corrected chi connectivity index (χ1v) is 9.83. The largest absolute Gasteiger partial charge is 0.497 e. The summed E-state index contributed by atoms with van der Waals surface area (Å²) in [5, 5.41) is 7.21. The van der Waals surface area contributed by atoms with Crippen molar-refractivity contribution < 1.29 is 14.2 Å². The first kappa shape index (κ1) is 19.8. The Bertz CT molecular complexity index is 689. The Hall–Kier alpha value is -1.95. The standard InChI is InChI=1S/C21H33N3O3/c1-7-22-20(24-18-15-10-11-27-19(15)21(18,3)4)23-13(2)16-12-14(25-5)8-9-17(16)26-6/h8-9,12-13,15,18-19H,7,10-11H2,1-6H3,(H2,22,23,24). The van der Waals surface area contributed by atoms with Gasteiger partial charge in [-0.25, -0.2) is 0 Å². The first-order valence-electron chi connectivity index (χ1n) is 9.83.